The van der Waals surface area contributed by atoms with Crippen LogP contribution < -0.4 is 5.76 Å². The lowest BCUT2D eigenvalue weighted by Gasteiger charge is -2.05. The Hall–Kier alpha value is -3.41. The number of para-hydroxylation sites is 1. The molecule has 0 saturated heterocycles. The topological polar surface area (TPSA) is 92.0 Å². The predicted molar refractivity (Wildman–Crippen MR) is 85.0 cm³/mol. The Balaban J connectivity index is 1.76. The van der Waals surface area contributed by atoms with Crippen molar-refractivity contribution in [2.45, 2.75) is 0 Å². The number of fused-ring (bicyclic) bond motifs is 1. The van der Waals surface area contributed by atoms with Crippen LogP contribution in [-0.4, -0.2) is 20.3 Å². The summed E-state index contributed by atoms with van der Waals surface area (Å²) in [6.07, 6.45) is 0. The number of rotatable bonds is 2. The molecule has 0 fully saturated rings. The minimum Gasteiger partial charge on any atom is -0.506 e. The van der Waals surface area contributed by atoms with Crippen LogP contribution >= 0.6 is 0 Å². The molecule has 2 aromatic carbocycles. The van der Waals surface area contributed by atoms with E-state index < -0.39 is 5.76 Å². The first kappa shape index (κ1) is 13.3. The number of hydrogen-bond donors (Lipinski definition) is 2. The second-order valence-electron chi connectivity index (χ2n) is 5.04. The summed E-state index contributed by atoms with van der Waals surface area (Å²) in [4.78, 5) is 15.5. The van der Waals surface area contributed by atoms with Gasteiger partial charge in [-0.05, 0) is 24.3 Å². The van der Waals surface area contributed by atoms with Gasteiger partial charge < -0.3 is 9.52 Å². The number of aromatic nitrogens is 3. The lowest BCUT2D eigenvalue weighted by molar-refractivity contribution is 0.480. The van der Waals surface area contributed by atoms with Gasteiger partial charge in [-0.15, -0.1) is 5.10 Å². The smallest absolute Gasteiger partial charge is 0.434 e. The summed E-state index contributed by atoms with van der Waals surface area (Å²) in [6.45, 7) is 0. The highest BCUT2D eigenvalue weighted by atomic mass is 16.4. The van der Waals surface area contributed by atoms with Gasteiger partial charge in [0.25, 0.3) is 0 Å². The number of phenolic OH excluding ortho intramolecular Hbond substituents is 1. The number of benzene rings is 2. The summed E-state index contributed by atoms with van der Waals surface area (Å²) in [6, 6.07) is 16.4. The lowest BCUT2D eigenvalue weighted by Crippen LogP contribution is -1.93. The Bertz CT molecular complexity index is 1050. The Morgan fingerprint density at radius 1 is 0.957 bits per heavy atom. The van der Waals surface area contributed by atoms with Crippen LogP contribution in [0.25, 0.3) is 33.6 Å². The average Bonchev–Trinajstić information content (AvgIpc) is 3.02. The van der Waals surface area contributed by atoms with Crippen molar-refractivity contribution in [2.24, 2.45) is 0 Å². The maximum atomic E-state index is 11.0. The highest BCUT2D eigenvalue weighted by Crippen LogP contribution is 2.27. The molecule has 4 rings (SSSR count). The summed E-state index contributed by atoms with van der Waals surface area (Å²) < 4.78 is 4.92. The van der Waals surface area contributed by atoms with E-state index in [1.807, 2.05) is 30.3 Å². The zero-order valence-electron chi connectivity index (χ0n) is 11.9. The summed E-state index contributed by atoms with van der Waals surface area (Å²) in [5.74, 6) is -0.194. The van der Waals surface area contributed by atoms with Crippen molar-refractivity contribution in [3.05, 3.63) is 65.1 Å². The van der Waals surface area contributed by atoms with E-state index in [-0.39, 0.29) is 11.6 Å². The third-order valence-electron chi connectivity index (χ3n) is 3.56. The molecule has 23 heavy (non-hydrogen) atoms. The minimum atomic E-state index is -0.587. The molecule has 2 heterocycles. The summed E-state index contributed by atoms with van der Waals surface area (Å²) >= 11 is 0. The van der Waals surface area contributed by atoms with Gasteiger partial charge in [0.1, 0.15) is 11.3 Å². The standard InChI is InChI=1S/C17H11N3O3/c21-14-3-1-2-11-8-9-13(18-15(11)14)10-4-6-12(7-5-10)16-19-20-17(22)23-16/h1-9,21H,(H,20,22). The Morgan fingerprint density at radius 3 is 2.48 bits per heavy atom. The second kappa shape index (κ2) is 5.10. The van der Waals surface area contributed by atoms with Crippen LogP contribution in [0.3, 0.4) is 0 Å². The van der Waals surface area contributed by atoms with Gasteiger partial charge in [-0.25, -0.2) is 14.9 Å². The number of H-pyrrole nitrogens is 1. The molecule has 4 aromatic rings. The third-order valence-corrected chi connectivity index (χ3v) is 3.56. The number of pyridine rings is 1. The Kier molecular flexibility index (Phi) is 2.94. The fraction of sp³-hybridized carbons (Fsp3) is 0. The average molecular weight is 305 g/mol. The zero-order valence-corrected chi connectivity index (χ0v) is 11.9. The van der Waals surface area contributed by atoms with E-state index in [4.69, 9.17) is 4.42 Å². The quantitative estimate of drug-likeness (QED) is 0.594. The monoisotopic (exact) mass is 305 g/mol. The van der Waals surface area contributed by atoms with Crippen LogP contribution in [0, 0.1) is 0 Å². The number of hydrogen-bond acceptors (Lipinski definition) is 5. The van der Waals surface area contributed by atoms with Crippen molar-refractivity contribution in [2.75, 3.05) is 0 Å². The van der Waals surface area contributed by atoms with E-state index >= 15 is 0 Å². The van der Waals surface area contributed by atoms with Crippen LogP contribution in [0.5, 0.6) is 5.75 Å². The highest BCUT2D eigenvalue weighted by Gasteiger charge is 2.08. The van der Waals surface area contributed by atoms with E-state index in [2.05, 4.69) is 15.2 Å². The van der Waals surface area contributed by atoms with Crippen molar-refractivity contribution in [1.82, 2.24) is 15.2 Å². The van der Waals surface area contributed by atoms with Crippen LogP contribution in [0.15, 0.2) is 63.8 Å². The second-order valence-corrected chi connectivity index (χ2v) is 5.04. The van der Waals surface area contributed by atoms with Gasteiger partial charge in [0, 0.05) is 16.5 Å². The number of phenols is 1. The molecule has 0 saturated carbocycles. The maximum absolute atomic E-state index is 11.0. The maximum Gasteiger partial charge on any atom is 0.434 e. The molecule has 0 aliphatic carbocycles. The Labute approximate surface area is 130 Å². The summed E-state index contributed by atoms with van der Waals surface area (Å²) in [7, 11) is 0. The van der Waals surface area contributed by atoms with Crippen molar-refractivity contribution >= 4 is 10.9 Å². The highest BCUT2D eigenvalue weighted by molar-refractivity contribution is 5.86. The molecular formula is C17H11N3O3. The molecule has 0 aliphatic rings. The summed E-state index contributed by atoms with van der Waals surface area (Å²) in [5, 5.41) is 16.8. The molecule has 6 nitrogen and oxygen atoms in total. The third kappa shape index (κ3) is 2.36. The molecule has 2 aromatic heterocycles. The molecule has 6 heteroatoms. The van der Waals surface area contributed by atoms with E-state index in [1.165, 1.54) is 0 Å². The number of aromatic amines is 1. The summed E-state index contributed by atoms with van der Waals surface area (Å²) in [5.41, 5.74) is 2.88. The van der Waals surface area contributed by atoms with E-state index in [0.717, 1.165) is 16.6 Å². The van der Waals surface area contributed by atoms with Gasteiger partial charge in [-0.3, -0.25) is 0 Å². The zero-order chi connectivity index (χ0) is 15.8. The predicted octanol–water partition coefficient (Wildman–Crippen LogP) is 2.95. The molecule has 0 bridgehead atoms. The van der Waals surface area contributed by atoms with Crippen LogP contribution in [-0.2, 0) is 0 Å². The lowest BCUT2D eigenvalue weighted by atomic mass is 10.1. The molecule has 0 unspecified atom stereocenters. The molecule has 0 spiro atoms. The van der Waals surface area contributed by atoms with Crippen LogP contribution in [0.1, 0.15) is 0 Å². The Morgan fingerprint density at radius 2 is 1.74 bits per heavy atom. The van der Waals surface area contributed by atoms with Crippen LogP contribution in [0.4, 0.5) is 0 Å². The van der Waals surface area contributed by atoms with Crippen molar-refractivity contribution in [3.63, 3.8) is 0 Å². The number of aromatic hydroxyl groups is 1. The van der Waals surface area contributed by atoms with Crippen molar-refractivity contribution in [3.8, 4) is 28.5 Å². The first-order valence-electron chi connectivity index (χ1n) is 6.96. The largest absolute Gasteiger partial charge is 0.506 e. The first-order valence-corrected chi connectivity index (χ1v) is 6.96. The van der Waals surface area contributed by atoms with Gasteiger partial charge >= 0.3 is 5.76 Å². The molecule has 0 amide bonds. The van der Waals surface area contributed by atoms with Gasteiger partial charge in [-0.1, -0.05) is 30.3 Å². The molecule has 0 radical (unpaired) electrons. The van der Waals surface area contributed by atoms with Crippen molar-refractivity contribution in [1.29, 1.82) is 0 Å². The van der Waals surface area contributed by atoms with Crippen LogP contribution in [0.2, 0.25) is 0 Å². The number of nitrogens with zero attached hydrogens (tertiary/aromatic N) is 2. The van der Waals surface area contributed by atoms with E-state index in [1.54, 1.807) is 24.3 Å². The first-order chi connectivity index (χ1) is 11.2. The normalized spacial score (nSPS) is 11.0. The minimum absolute atomic E-state index is 0.152. The van der Waals surface area contributed by atoms with Gasteiger partial charge in [-0.2, -0.15) is 0 Å². The molecule has 0 atom stereocenters. The van der Waals surface area contributed by atoms with Gasteiger partial charge in [0.15, 0.2) is 0 Å². The SMILES string of the molecule is O=c1[nH]nc(-c2ccc(-c3ccc4cccc(O)c4n3)cc2)o1. The molecule has 0 aliphatic heterocycles. The van der Waals surface area contributed by atoms with E-state index in [9.17, 15) is 9.90 Å². The van der Waals surface area contributed by atoms with Gasteiger partial charge in [0.2, 0.25) is 5.89 Å². The molecule has 112 valence electrons. The fourth-order valence-corrected chi connectivity index (χ4v) is 2.43. The molecule has 2 N–H and O–H groups in total. The van der Waals surface area contributed by atoms with E-state index in [0.29, 0.717) is 11.1 Å². The fourth-order valence-electron chi connectivity index (χ4n) is 2.43. The van der Waals surface area contributed by atoms with Gasteiger partial charge in [0.05, 0.1) is 5.69 Å². The number of nitrogens with one attached hydrogen (secondary N) is 1. The van der Waals surface area contributed by atoms with Crippen molar-refractivity contribution < 1.29 is 9.52 Å². The molecular weight excluding hydrogens is 294 g/mol.